The molecule has 0 saturated carbocycles. The quantitative estimate of drug-likeness (QED) is 0.315. The molecule has 36 heavy (non-hydrogen) atoms. The average molecular weight is 603 g/mol. The van der Waals surface area contributed by atoms with Crippen LogP contribution in [-0.4, -0.2) is 90.1 Å². The van der Waals surface area contributed by atoms with E-state index in [0.29, 0.717) is 44.9 Å². The van der Waals surface area contributed by atoms with Crippen molar-refractivity contribution in [3.05, 3.63) is 9.81 Å². The van der Waals surface area contributed by atoms with Gasteiger partial charge in [-0.15, -0.1) is 0 Å². The molecule has 2 fully saturated rings. The van der Waals surface area contributed by atoms with E-state index in [0.717, 1.165) is 35.0 Å². The van der Waals surface area contributed by atoms with Crippen molar-refractivity contribution in [2.45, 2.75) is 25.7 Å². The molecule has 192 valence electrons. The first-order valence-corrected chi connectivity index (χ1v) is 15.5. The molecule has 0 aliphatic carbocycles. The van der Waals surface area contributed by atoms with Gasteiger partial charge in [-0.1, -0.05) is 71.5 Å². The Morgan fingerprint density at radius 3 is 1.56 bits per heavy atom. The fourth-order valence-corrected chi connectivity index (χ4v) is 7.70. The van der Waals surface area contributed by atoms with Crippen LogP contribution in [0, 0.1) is 0 Å². The van der Waals surface area contributed by atoms with Crippen LogP contribution >= 0.6 is 71.5 Å². The molecule has 0 aromatic heterocycles. The number of carbonyl (C=O) groups excluding carboxylic acids is 4. The van der Waals surface area contributed by atoms with Gasteiger partial charge in [0.2, 0.25) is 11.8 Å². The molecular weight excluding hydrogens is 581 g/mol. The van der Waals surface area contributed by atoms with Crippen molar-refractivity contribution >= 4 is 114 Å². The number of carbonyl (C=O) groups is 4. The summed E-state index contributed by atoms with van der Waals surface area (Å²) in [5.74, 6) is 0.717. The molecule has 4 rings (SSSR count). The highest BCUT2D eigenvalue weighted by atomic mass is 32.2. The van der Waals surface area contributed by atoms with E-state index in [1.165, 1.54) is 33.3 Å². The van der Waals surface area contributed by atoms with Gasteiger partial charge in [-0.25, -0.2) is 0 Å². The number of amidine groups is 2. The van der Waals surface area contributed by atoms with Crippen LogP contribution in [0.25, 0.3) is 0 Å². The Morgan fingerprint density at radius 1 is 0.778 bits per heavy atom. The second kappa shape index (κ2) is 12.9. The van der Waals surface area contributed by atoms with Crippen LogP contribution in [0.5, 0.6) is 0 Å². The van der Waals surface area contributed by atoms with Crippen LogP contribution in [0.1, 0.15) is 25.7 Å². The Morgan fingerprint density at radius 2 is 1.19 bits per heavy atom. The number of hydrogen-bond acceptors (Lipinski definition) is 12. The summed E-state index contributed by atoms with van der Waals surface area (Å²) >= 11 is 15.9. The van der Waals surface area contributed by atoms with Crippen molar-refractivity contribution < 1.29 is 19.2 Å². The van der Waals surface area contributed by atoms with Gasteiger partial charge < -0.3 is 10.6 Å². The Labute approximate surface area is 235 Å². The zero-order valence-corrected chi connectivity index (χ0v) is 23.8. The van der Waals surface area contributed by atoms with Crippen LogP contribution < -0.4 is 10.6 Å². The smallest absolute Gasteiger partial charge is 0.267 e. The van der Waals surface area contributed by atoms with Crippen molar-refractivity contribution in [1.82, 2.24) is 20.4 Å². The summed E-state index contributed by atoms with van der Waals surface area (Å²) in [4.78, 5) is 62.0. The van der Waals surface area contributed by atoms with E-state index in [-0.39, 0.29) is 59.4 Å². The summed E-state index contributed by atoms with van der Waals surface area (Å²) in [6, 6.07) is 0. The van der Waals surface area contributed by atoms with E-state index in [4.69, 9.17) is 24.4 Å². The molecule has 0 aromatic rings. The summed E-state index contributed by atoms with van der Waals surface area (Å²) in [6.07, 6.45) is 1.32. The topological polar surface area (TPSA) is 124 Å². The van der Waals surface area contributed by atoms with Crippen molar-refractivity contribution in [3.63, 3.8) is 0 Å². The zero-order chi connectivity index (χ0) is 25.7. The molecule has 4 heterocycles. The molecule has 0 atom stereocenters. The lowest BCUT2D eigenvalue weighted by molar-refractivity contribution is -0.125. The summed E-state index contributed by atoms with van der Waals surface area (Å²) in [6.45, 7) is 1.96. The number of rotatable bonds is 8. The fraction of sp³-hybridized carbons (Fsp3) is 0.500. The lowest BCUT2D eigenvalue weighted by Gasteiger charge is -2.14. The minimum atomic E-state index is -0.351. The molecule has 2 saturated heterocycles. The highest BCUT2D eigenvalue weighted by molar-refractivity contribution is 8.29. The summed E-state index contributed by atoms with van der Waals surface area (Å²) in [5.41, 5.74) is 0. The first kappa shape index (κ1) is 27.6. The molecule has 0 aromatic carbocycles. The molecule has 0 bridgehead atoms. The van der Waals surface area contributed by atoms with Gasteiger partial charge in [0, 0.05) is 37.4 Å². The third-order valence-electron chi connectivity index (χ3n) is 5.14. The second-order valence-corrected chi connectivity index (χ2v) is 13.1. The summed E-state index contributed by atoms with van der Waals surface area (Å²) < 4.78 is 0.696. The Balaban J connectivity index is 1.27. The molecule has 10 nitrogen and oxygen atoms in total. The zero-order valence-electron chi connectivity index (χ0n) is 18.9. The van der Waals surface area contributed by atoms with Crippen molar-refractivity contribution in [2.75, 3.05) is 37.7 Å². The molecule has 0 unspecified atom stereocenters. The predicted octanol–water partition coefficient (Wildman–Crippen LogP) is 1.92. The van der Waals surface area contributed by atoms with E-state index in [2.05, 4.69) is 20.6 Å². The highest BCUT2D eigenvalue weighted by Crippen LogP contribution is 2.42. The maximum absolute atomic E-state index is 13.0. The van der Waals surface area contributed by atoms with Crippen LogP contribution in [0.2, 0.25) is 0 Å². The minimum absolute atomic E-state index is 0.155. The summed E-state index contributed by atoms with van der Waals surface area (Å²) in [7, 11) is 0. The number of nitrogens with one attached hydrogen (secondary N) is 2. The largest absolute Gasteiger partial charge is 0.305 e. The molecule has 2 N–H and O–H groups in total. The van der Waals surface area contributed by atoms with Crippen LogP contribution in [0.4, 0.5) is 0 Å². The number of thiocarbonyl (C=S) groups is 2. The third-order valence-corrected chi connectivity index (χ3v) is 9.95. The monoisotopic (exact) mass is 602 g/mol. The van der Waals surface area contributed by atoms with Gasteiger partial charge in [-0.3, -0.25) is 39.0 Å². The number of nitrogens with zero attached hydrogens (tertiary/aromatic N) is 4. The van der Waals surface area contributed by atoms with Crippen LogP contribution in [0.15, 0.2) is 19.8 Å². The van der Waals surface area contributed by atoms with E-state index in [1.54, 1.807) is 0 Å². The standard InChI is InChI=1S/C20H22N6O4S6/c27-11(23-17-21-5-9-33-17)3-1-7-25-15(29)13(35-19(25)31)14-16(30)26(20(32)36-14)8-2-4-12(28)24-18-22-6-10-34-18/h1-10H2,(H,21,23,27)(H,22,24,28). The number of thioether (sulfide) groups is 4. The molecule has 4 aliphatic rings. The molecule has 0 radical (unpaired) electrons. The first-order chi connectivity index (χ1) is 17.3. The van der Waals surface area contributed by atoms with Crippen molar-refractivity contribution in [2.24, 2.45) is 9.98 Å². The second-order valence-electron chi connectivity index (χ2n) is 7.68. The lowest BCUT2D eigenvalue weighted by Crippen LogP contribution is -2.32. The van der Waals surface area contributed by atoms with Crippen LogP contribution in [-0.2, 0) is 19.2 Å². The van der Waals surface area contributed by atoms with Crippen molar-refractivity contribution in [3.8, 4) is 0 Å². The Bertz CT molecular complexity index is 1020. The Hall–Kier alpha value is -1.46. The van der Waals surface area contributed by atoms with E-state index >= 15 is 0 Å². The van der Waals surface area contributed by atoms with Gasteiger partial charge in [-0.05, 0) is 12.8 Å². The van der Waals surface area contributed by atoms with Gasteiger partial charge in [0.15, 0.2) is 10.3 Å². The maximum atomic E-state index is 13.0. The summed E-state index contributed by atoms with van der Waals surface area (Å²) in [5, 5.41) is 6.79. The molecule has 0 spiro atoms. The van der Waals surface area contributed by atoms with Gasteiger partial charge in [0.25, 0.3) is 11.8 Å². The van der Waals surface area contributed by atoms with Gasteiger partial charge in [-0.2, -0.15) is 0 Å². The van der Waals surface area contributed by atoms with Crippen molar-refractivity contribution in [1.29, 1.82) is 0 Å². The van der Waals surface area contributed by atoms with E-state index in [9.17, 15) is 19.2 Å². The fourth-order valence-electron chi connectivity index (χ4n) is 3.44. The van der Waals surface area contributed by atoms with Crippen LogP contribution in [0.3, 0.4) is 0 Å². The maximum Gasteiger partial charge on any atom is 0.267 e. The van der Waals surface area contributed by atoms with Gasteiger partial charge in [0.05, 0.1) is 22.9 Å². The van der Waals surface area contributed by atoms with E-state index in [1.807, 2.05) is 0 Å². The predicted molar refractivity (Wildman–Crippen MR) is 155 cm³/mol. The Kier molecular flexibility index (Phi) is 9.85. The molecule has 16 heteroatoms. The van der Waals surface area contributed by atoms with Gasteiger partial charge in [0.1, 0.15) is 8.64 Å². The molecule has 4 amide bonds. The lowest BCUT2D eigenvalue weighted by atomic mass is 10.2. The third kappa shape index (κ3) is 6.89. The highest BCUT2D eigenvalue weighted by Gasteiger charge is 2.41. The minimum Gasteiger partial charge on any atom is -0.305 e. The molecular formula is C20H22N6O4S6. The number of aliphatic imine (C=N–C) groups is 2. The first-order valence-electron chi connectivity index (χ1n) is 11.1. The average Bonchev–Trinajstić information content (AvgIpc) is 3.63. The molecule has 4 aliphatic heterocycles. The normalized spacial score (nSPS) is 22.0. The SMILES string of the molecule is O=C(CCCN1C(=O)C(=C2SC(=S)N(CCCC(=O)NC3=NCCS3)C2=O)SC1=S)NC1=NCCS1. The number of hydrogen-bond donors (Lipinski definition) is 2. The number of amides is 4. The van der Waals surface area contributed by atoms with E-state index < -0.39 is 0 Å². The van der Waals surface area contributed by atoms with Gasteiger partial charge >= 0.3 is 0 Å².